The molecule has 1 aromatic carbocycles. The van der Waals surface area contributed by atoms with Crippen molar-refractivity contribution in [2.45, 2.75) is 62.0 Å². The Morgan fingerprint density at radius 3 is 2.67 bits per heavy atom. The maximum Gasteiger partial charge on any atom is 0.105 e. The minimum atomic E-state index is -0.137. The Morgan fingerprint density at radius 1 is 1.33 bits per heavy atom. The van der Waals surface area contributed by atoms with Crippen LogP contribution < -0.4 is 0 Å². The molecule has 1 saturated heterocycles. The quantitative estimate of drug-likeness (QED) is 0.630. The number of rotatable bonds is 8. The Hall–Kier alpha value is -0.760. The van der Waals surface area contributed by atoms with Crippen LogP contribution in [-0.4, -0.2) is 34.2 Å². The van der Waals surface area contributed by atoms with Crippen molar-refractivity contribution in [1.29, 1.82) is 0 Å². The average molecular weight is 431 g/mol. The molecule has 5 nitrogen and oxygen atoms in total. The summed E-state index contributed by atoms with van der Waals surface area (Å²) < 4.78 is 13.4. The third kappa shape index (κ3) is 5.40. The lowest BCUT2D eigenvalue weighted by atomic mass is 10.2. The molecule has 3 rings (SSSR count). The summed E-state index contributed by atoms with van der Waals surface area (Å²) in [6.07, 6.45) is 2.27. The summed E-state index contributed by atoms with van der Waals surface area (Å²) in [5, 5.41) is 16.5. The molecule has 0 radical (unpaired) electrons. The number of hydrogen-bond acceptors (Lipinski definition) is 5. The highest BCUT2D eigenvalue weighted by atomic mass is 35.5. The van der Waals surface area contributed by atoms with Gasteiger partial charge >= 0.3 is 0 Å². The van der Waals surface area contributed by atoms with Crippen LogP contribution in [0.4, 0.5) is 0 Å². The summed E-state index contributed by atoms with van der Waals surface area (Å²) >= 11 is 13.8. The zero-order chi connectivity index (χ0) is 19.4. The van der Waals surface area contributed by atoms with E-state index in [1.807, 2.05) is 16.8 Å². The zero-order valence-corrected chi connectivity index (χ0v) is 17.8. The fourth-order valence-corrected chi connectivity index (χ4v) is 4.89. The predicted octanol–water partition coefficient (Wildman–Crippen LogP) is 5.11. The summed E-state index contributed by atoms with van der Waals surface area (Å²) in [5.41, 5.74) is 1.52. The van der Waals surface area contributed by atoms with Gasteiger partial charge in [0.1, 0.15) is 5.03 Å². The van der Waals surface area contributed by atoms with Crippen molar-refractivity contribution >= 4 is 35.0 Å². The minimum Gasteiger partial charge on any atom is -0.390 e. The van der Waals surface area contributed by atoms with E-state index < -0.39 is 0 Å². The number of benzene rings is 1. The molecule has 1 N–H and O–H groups in total. The SMILES string of the molecule is CC(C)n1nc(CO)c(COCC2CCCO2)c1Sc1cc(Cl)cc(Cl)c1. The van der Waals surface area contributed by atoms with E-state index in [1.165, 1.54) is 11.8 Å². The summed E-state index contributed by atoms with van der Waals surface area (Å²) in [5.74, 6) is 0. The molecular formula is C19H24Cl2N2O3S. The molecule has 0 bridgehead atoms. The normalized spacial score (nSPS) is 17.2. The molecule has 148 valence electrons. The lowest BCUT2D eigenvalue weighted by molar-refractivity contribution is 0.00954. The van der Waals surface area contributed by atoms with Crippen molar-refractivity contribution in [3.8, 4) is 0 Å². The van der Waals surface area contributed by atoms with E-state index in [0.29, 0.717) is 29.0 Å². The van der Waals surface area contributed by atoms with Gasteiger partial charge in [0.25, 0.3) is 0 Å². The second-order valence-electron chi connectivity index (χ2n) is 6.78. The molecule has 8 heteroatoms. The van der Waals surface area contributed by atoms with Crippen LogP contribution in [0.3, 0.4) is 0 Å². The molecule has 0 saturated carbocycles. The number of nitrogens with zero attached hydrogens (tertiary/aromatic N) is 2. The average Bonchev–Trinajstić information content (AvgIpc) is 3.22. The van der Waals surface area contributed by atoms with Crippen molar-refractivity contribution in [1.82, 2.24) is 9.78 Å². The predicted molar refractivity (Wildman–Crippen MR) is 108 cm³/mol. The van der Waals surface area contributed by atoms with E-state index in [0.717, 1.165) is 34.9 Å². The molecule has 1 unspecified atom stereocenters. The lowest BCUT2D eigenvalue weighted by Gasteiger charge is -2.14. The fraction of sp³-hybridized carbons (Fsp3) is 0.526. The molecule has 27 heavy (non-hydrogen) atoms. The summed E-state index contributed by atoms with van der Waals surface area (Å²) in [7, 11) is 0. The molecule has 0 amide bonds. The van der Waals surface area contributed by atoms with Crippen LogP contribution >= 0.6 is 35.0 Å². The van der Waals surface area contributed by atoms with Gasteiger partial charge in [-0.25, -0.2) is 0 Å². The molecule has 0 aliphatic carbocycles. The Morgan fingerprint density at radius 2 is 2.07 bits per heavy atom. The van der Waals surface area contributed by atoms with Gasteiger partial charge in [0.2, 0.25) is 0 Å². The first kappa shape index (κ1) is 21.0. The second kappa shape index (κ2) is 9.63. The Bertz CT molecular complexity index is 756. The number of aliphatic hydroxyl groups excluding tert-OH is 1. The number of ether oxygens (including phenoxy) is 2. The zero-order valence-electron chi connectivity index (χ0n) is 15.5. The van der Waals surface area contributed by atoms with Crippen molar-refractivity contribution in [2.24, 2.45) is 0 Å². The monoisotopic (exact) mass is 430 g/mol. The van der Waals surface area contributed by atoms with Gasteiger partial charge in [0, 0.05) is 33.2 Å². The van der Waals surface area contributed by atoms with Crippen LogP contribution in [0, 0.1) is 0 Å². The van der Waals surface area contributed by atoms with Gasteiger partial charge in [-0.3, -0.25) is 4.68 Å². The second-order valence-corrected chi connectivity index (χ2v) is 8.72. The van der Waals surface area contributed by atoms with E-state index in [4.69, 9.17) is 32.7 Å². The molecule has 2 heterocycles. The highest BCUT2D eigenvalue weighted by Gasteiger charge is 2.22. The molecule has 1 aliphatic heterocycles. The molecule has 1 aliphatic rings. The van der Waals surface area contributed by atoms with Crippen molar-refractivity contribution < 1.29 is 14.6 Å². The van der Waals surface area contributed by atoms with Gasteiger partial charge in [-0.2, -0.15) is 5.10 Å². The van der Waals surface area contributed by atoms with Crippen molar-refractivity contribution in [3.05, 3.63) is 39.5 Å². The smallest absolute Gasteiger partial charge is 0.105 e. The van der Waals surface area contributed by atoms with Gasteiger partial charge in [0.05, 0.1) is 31.6 Å². The molecule has 1 atom stereocenters. The highest BCUT2D eigenvalue weighted by molar-refractivity contribution is 7.99. The van der Waals surface area contributed by atoms with Gasteiger partial charge < -0.3 is 14.6 Å². The Labute approximate surface area is 173 Å². The highest BCUT2D eigenvalue weighted by Crippen LogP contribution is 2.37. The van der Waals surface area contributed by atoms with Crippen LogP contribution in [0.25, 0.3) is 0 Å². The summed E-state index contributed by atoms with van der Waals surface area (Å²) in [6.45, 7) is 5.70. The number of aliphatic hydroxyl groups is 1. The molecule has 2 aromatic rings. The van der Waals surface area contributed by atoms with Gasteiger partial charge in [0.15, 0.2) is 0 Å². The Kier molecular flexibility index (Phi) is 7.48. The van der Waals surface area contributed by atoms with Gasteiger partial charge in [-0.05, 0) is 44.9 Å². The van der Waals surface area contributed by atoms with Gasteiger partial charge in [-0.15, -0.1) is 0 Å². The van der Waals surface area contributed by atoms with E-state index in [2.05, 4.69) is 18.9 Å². The minimum absolute atomic E-state index is 0.137. The number of halogens is 2. The van der Waals surface area contributed by atoms with E-state index >= 15 is 0 Å². The first-order chi connectivity index (χ1) is 13.0. The first-order valence-corrected chi connectivity index (χ1v) is 10.6. The van der Waals surface area contributed by atoms with E-state index in [1.54, 1.807) is 6.07 Å². The van der Waals surface area contributed by atoms with Crippen LogP contribution in [0.2, 0.25) is 10.0 Å². The molecular weight excluding hydrogens is 407 g/mol. The fourth-order valence-electron chi connectivity index (χ4n) is 3.00. The molecule has 0 spiro atoms. The topological polar surface area (TPSA) is 56.5 Å². The molecule has 1 fully saturated rings. The van der Waals surface area contributed by atoms with Crippen LogP contribution in [0.5, 0.6) is 0 Å². The largest absolute Gasteiger partial charge is 0.390 e. The molecule has 1 aromatic heterocycles. The number of hydrogen-bond donors (Lipinski definition) is 1. The maximum atomic E-state index is 9.80. The van der Waals surface area contributed by atoms with Gasteiger partial charge in [-0.1, -0.05) is 35.0 Å². The van der Waals surface area contributed by atoms with Crippen LogP contribution in [-0.2, 0) is 22.7 Å². The van der Waals surface area contributed by atoms with Crippen LogP contribution in [0.1, 0.15) is 44.0 Å². The number of aromatic nitrogens is 2. The van der Waals surface area contributed by atoms with E-state index in [9.17, 15) is 5.11 Å². The van der Waals surface area contributed by atoms with Crippen LogP contribution in [0.15, 0.2) is 28.1 Å². The van der Waals surface area contributed by atoms with E-state index in [-0.39, 0.29) is 18.8 Å². The summed E-state index contributed by atoms with van der Waals surface area (Å²) in [4.78, 5) is 0.916. The maximum absolute atomic E-state index is 9.80. The Balaban J connectivity index is 1.85. The van der Waals surface area contributed by atoms with Crippen molar-refractivity contribution in [2.75, 3.05) is 13.2 Å². The standard InChI is InChI=1S/C19H24Cl2N2O3S/c1-12(2)23-19(27-16-7-13(20)6-14(21)8-16)17(18(9-24)22-23)11-25-10-15-4-3-5-26-15/h6-8,12,15,24H,3-5,9-11H2,1-2H3. The summed E-state index contributed by atoms with van der Waals surface area (Å²) in [6, 6.07) is 5.58. The third-order valence-corrected chi connectivity index (χ3v) is 5.84. The third-order valence-electron chi connectivity index (χ3n) is 4.31. The van der Waals surface area contributed by atoms with Crippen molar-refractivity contribution in [3.63, 3.8) is 0 Å². The first-order valence-electron chi connectivity index (χ1n) is 9.02. The lowest BCUT2D eigenvalue weighted by Crippen LogP contribution is -2.14.